The Balaban J connectivity index is 1.32. The quantitative estimate of drug-likeness (QED) is 0.722. The van der Waals surface area contributed by atoms with Crippen molar-refractivity contribution in [2.75, 3.05) is 18.4 Å². The molecular weight excluding hydrogens is 380 g/mol. The van der Waals surface area contributed by atoms with Crippen molar-refractivity contribution in [2.45, 2.75) is 39.0 Å². The van der Waals surface area contributed by atoms with Gasteiger partial charge in [0.1, 0.15) is 5.76 Å². The monoisotopic (exact) mass is 404 g/mol. The highest BCUT2D eigenvalue weighted by Gasteiger charge is 2.31. The molecule has 1 aliphatic heterocycles. The first kappa shape index (κ1) is 18.8. The van der Waals surface area contributed by atoms with Crippen LogP contribution >= 0.6 is 0 Å². The summed E-state index contributed by atoms with van der Waals surface area (Å²) < 4.78 is 5.00. The smallest absolute Gasteiger partial charge is 0.254 e. The van der Waals surface area contributed by atoms with Gasteiger partial charge < -0.3 is 14.7 Å². The number of hydrogen-bond donors (Lipinski definition) is 1. The molecule has 3 heterocycles. The Morgan fingerprint density at radius 2 is 1.97 bits per heavy atom. The lowest BCUT2D eigenvalue weighted by atomic mass is 9.94. The molecule has 3 aromatic rings. The molecule has 7 heteroatoms. The van der Waals surface area contributed by atoms with Crippen molar-refractivity contribution in [3.8, 4) is 0 Å². The summed E-state index contributed by atoms with van der Waals surface area (Å²) >= 11 is 0. The van der Waals surface area contributed by atoms with Gasteiger partial charge in [-0.15, -0.1) is 0 Å². The number of anilines is 1. The number of nitrogens with zero attached hydrogens (tertiary/aromatic N) is 3. The minimum absolute atomic E-state index is 0.0642. The van der Waals surface area contributed by atoms with E-state index in [2.05, 4.69) is 10.5 Å². The summed E-state index contributed by atoms with van der Waals surface area (Å²) in [5.41, 5.74) is 3.88. The Bertz CT molecular complexity index is 1130. The van der Waals surface area contributed by atoms with Crippen molar-refractivity contribution in [1.82, 2.24) is 15.0 Å². The van der Waals surface area contributed by atoms with E-state index in [1.807, 2.05) is 29.2 Å². The van der Waals surface area contributed by atoms with Crippen LogP contribution in [0, 0.1) is 12.8 Å². The number of fused-ring (bicyclic) bond motifs is 2. The second-order valence-corrected chi connectivity index (χ2v) is 8.16. The van der Waals surface area contributed by atoms with Crippen LogP contribution < -0.4 is 5.32 Å². The third-order valence-corrected chi connectivity index (χ3v) is 6.17. The average Bonchev–Trinajstić information content (AvgIpc) is 3.40. The average molecular weight is 404 g/mol. The Morgan fingerprint density at radius 1 is 1.17 bits per heavy atom. The fourth-order valence-electron chi connectivity index (χ4n) is 4.61. The zero-order valence-electron chi connectivity index (χ0n) is 17.0. The maximum absolute atomic E-state index is 13.5. The molecule has 2 aliphatic rings. The van der Waals surface area contributed by atoms with Gasteiger partial charge >= 0.3 is 0 Å². The van der Waals surface area contributed by atoms with Gasteiger partial charge in [-0.05, 0) is 50.7 Å². The molecule has 2 aromatic heterocycles. The lowest BCUT2D eigenvalue weighted by molar-refractivity contribution is -0.121. The first-order chi connectivity index (χ1) is 14.6. The summed E-state index contributed by atoms with van der Waals surface area (Å²) in [4.78, 5) is 32.7. The van der Waals surface area contributed by atoms with Gasteiger partial charge in [-0.3, -0.25) is 14.6 Å². The zero-order chi connectivity index (χ0) is 20.7. The van der Waals surface area contributed by atoms with Crippen molar-refractivity contribution in [2.24, 2.45) is 5.92 Å². The summed E-state index contributed by atoms with van der Waals surface area (Å²) in [6, 6.07) is 9.60. The number of para-hydroxylation sites is 1. The summed E-state index contributed by atoms with van der Waals surface area (Å²) in [7, 11) is 0. The molecule has 5 rings (SSSR count). The Labute approximate surface area is 174 Å². The number of likely N-dealkylation sites (tertiary alicyclic amines) is 1. The molecule has 7 nitrogen and oxygen atoms in total. The molecule has 2 amide bonds. The van der Waals surface area contributed by atoms with Crippen LogP contribution in [0.5, 0.6) is 0 Å². The third kappa shape index (κ3) is 3.34. The molecule has 0 unspecified atom stereocenters. The predicted molar refractivity (Wildman–Crippen MR) is 112 cm³/mol. The van der Waals surface area contributed by atoms with Gasteiger partial charge in [0.05, 0.1) is 11.1 Å². The minimum Gasteiger partial charge on any atom is -0.360 e. The zero-order valence-corrected chi connectivity index (χ0v) is 17.0. The van der Waals surface area contributed by atoms with E-state index < -0.39 is 0 Å². The first-order valence-electron chi connectivity index (χ1n) is 10.5. The number of amides is 2. The lowest BCUT2D eigenvalue weighted by Gasteiger charge is -2.32. The largest absolute Gasteiger partial charge is 0.360 e. The van der Waals surface area contributed by atoms with E-state index in [4.69, 9.17) is 9.51 Å². The summed E-state index contributed by atoms with van der Waals surface area (Å²) in [6.07, 6.45) is 4.16. The van der Waals surface area contributed by atoms with E-state index in [1.54, 1.807) is 13.0 Å². The second kappa shape index (κ2) is 7.55. The van der Waals surface area contributed by atoms with Gasteiger partial charge in [-0.25, -0.2) is 0 Å². The molecule has 154 valence electrons. The van der Waals surface area contributed by atoms with Gasteiger partial charge in [-0.1, -0.05) is 23.4 Å². The number of carbonyl (C=O) groups excluding carboxylic acids is 2. The fraction of sp³-hybridized carbons (Fsp3) is 0.391. The molecule has 1 saturated heterocycles. The first-order valence-corrected chi connectivity index (χ1v) is 10.5. The number of aromatic nitrogens is 2. The topological polar surface area (TPSA) is 88.3 Å². The maximum atomic E-state index is 13.5. The fourth-order valence-corrected chi connectivity index (χ4v) is 4.61. The summed E-state index contributed by atoms with van der Waals surface area (Å²) in [6.45, 7) is 2.92. The number of rotatable bonds is 3. The van der Waals surface area contributed by atoms with Crippen molar-refractivity contribution in [3.63, 3.8) is 0 Å². The van der Waals surface area contributed by atoms with Crippen LogP contribution in [0.25, 0.3) is 10.9 Å². The Morgan fingerprint density at radius 3 is 2.73 bits per heavy atom. The van der Waals surface area contributed by atoms with Crippen LogP contribution in [-0.2, 0) is 17.6 Å². The molecule has 1 aliphatic carbocycles. The molecule has 0 saturated carbocycles. The van der Waals surface area contributed by atoms with Crippen LogP contribution in [0.15, 0.2) is 34.9 Å². The van der Waals surface area contributed by atoms with Crippen molar-refractivity contribution < 1.29 is 14.1 Å². The highest BCUT2D eigenvalue weighted by atomic mass is 16.5. The van der Waals surface area contributed by atoms with E-state index in [0.29, 0.717) is 37.5 Å². The van der Waals surface area contributed by atoms with Crippen LogP contribution in [-0.4, -0.2) is 39.9 Å². The second-order valence-electron chi connectivity index (χ2n) is 8.16. The number of carbonyl (C=O) groups is 2. The number of hydrogen-bond acceptors (Lipinski definition) is 5. The van der Waals surface area contributed by atoms with Gasteiger partial charge in [-0.2, -0.15) is 0 Å². The van der Waals surface area contributed by atoms with Crippen molar-refractivity contribution in [3.05, 3.63) is 52.9 Å². The highest BCUT2D eigenvalue weighted by Crippen LogP contribution is 2.32. The minimum atomic E-state index is -0.133. The molecule has 1 aromatic carbocycles. The van der Waals surface area contributed by atoms with Gasteiger partial charge in [0.15, 0.2) is 5.82 Å². The summed E-state index contributed by atoms with van der Waals surface area (Å²) in [5.74, 6) is 0.965. The third-order valence-electron chi connectivity index (χ3n) is 6.17. The summed E-state index contributed by atoms with van der Waals surface area (Å²) in [5, 5.41) is 7.56. The SMILES string of the molecule is Cc1cc(NC(=O)C2CCN(C(=O)c3c4c(nc5ccccc35)CCC4)CC2)no1. The van der Waals surface area contributed by atoms with E-state index >= 15 is 0 Å². The van der Waals surface area contributed by atoms with E-state index in [9.17, 15) is 9.59 Å². The van der Waals surface area contributed by atoms with Crippen LogP contribution in [0.3, 0.4) is 0 Å². The Hall–Kier alpha value is -3.22. The normalized spacial score (nSPS) is 16.6. The van der Waals surface area contributed by atoms with Gasteiger partial charge in [0.25, 0.3) is 5.91 Å². The van der Waals surface area contributed by atoms with E-state index in [1.165, 1.54) is 0 Å². The maximum Gasteiger partial charge on any atom is 0.254 e. The van der Waals surface area contributed by atoms with Crippen LogP contribution in [0.2, 0.25) is 0 Å². The Kier molecular flexibility index (Phi) is 4.73. The van der Waals surface area contributed by atoms with Crippen molar-refractivity contribution in [1.29, 1.82) is 0 Å². The standard InChI is InChI=1S/C23H24N4O3/c1-14-13-20(26-30-14)25-22(28)15-9-11-27(12-10-15)23(29)21-16-5-2-3-7-18(16)24-19-8-4-6-17(19)21/h2-3,5,7,13,15H,4,6,8-12H2,1H3,(H,25,26,28). The molecule has 30 heavy (non-hydrogen) atoms. The number of nitrogens with one attached hydrogen (secondary N) is 1. The molecule has 0 bridgehead atoms. The van der Waals surface area contributed by atoms with Crippen molar-refractivity contribution >= 4 is 28.5 Å². The van der Waals surface area contributed by atoms with E-state index in [0.717, 1.165) is 47.0 Å². The molecule has 0 atom stereocenters. The molecular formula is C23H24N4O3. The number of pyridine rings is 1. The molecule has 1 fully saturated rings. The van der Waals surface area contributed by atoms with E-state index in [-0.39, 0.29) is 17.7 Å². The number of piperidine rings is 1. The predicted octanol–water partition coefficient (Wildman–Crippen LogP) is 3.51. The number of benzene rings is 1. The lowest BCUT2D eigenvalue weighted by Crippen LogP contribution is -2.41. The molecule has 0 radical (unpaired) electrons. The van der Waals surface area contributed by atoms with Gasteiger partial charge in [0.2, 0.25) is 5.91 Å². The molecule has 0 spiro atoms. The molecule has 1 N–H and O–H groups in total. The van der Waals surface area contributed by atoms with Gasteiger partial charge in [0, 0.05) is 36.2 Å². The number of aryl methyl sites for hydroxylation is 2. The highest BCUT2D eigenvalue weighted by molar-refractivity contribution is 6.08. The van der Waals surface area contributed by atoms with Crippen LogP contribution in [0.4, 0.5) is 5.82 Å². The van der Waals surface area contributed by atoms with Crippen LogP contribution in [0.1, 0.15) is 46.6 Å².